The molecule has 0 bridgehead atoms. The number of piperidine rings is 1. The van der Waals surface area contributed by atoms with Gasteiger partial charge in [0.05, 0.1) is 28.7 Å². The van der Waals surface area contributed by atoms with Gasteiger partial charge in [0.15, 0.2) is 0 Å². The van der Waals surface area contributed by atoms with Gasteiger partial charge in [0.2, 0.25) is 11.5 Å². The number of benzene rings is 1. The Balaban J connectivity index is 1.67. The second-order valence-electron chi connectivity index (χ2n) is 5.77. The molecule has 1 saturated heterocycles. The fourth-order valence-electron chi connectivity index (χ4n) is 2.84. The van der Waals surface area contributed by atoms with E-state index in [4.69, 9.17) is 4.84 Å². The van der Waals surface area contributed by atoms with E-state index in [-0.39, 0.29) is 11.5 Å². The molecular weight excluding hydrogens is 316 g/mol. The summed E-state index contributed by atoms with van der Waals surface area (Å²) in [5.74, 6) is -0.965. The molecule has 1 aromatic rings. The number of carbonyl (C=O) groups is 2. The quantitative estimate of drug-likeness (QED) is 0.379. The maximum absolute atomic E-state index is 12.3. The van der Waals surface area contributed by atoms with Crippen LogP contribution in [0.3, 0.4) is 0 Å². The number of hydrazine groups is 1. The Bertz CT molecular complexity index is 657. The molecule has 0 aromatic heterocycles. The molecule has 3 rings (SSSR count). The number of fused-ring (bicyclic) bond motifs is 1. The Morgan fingerprint density at radius 1 is 1.33 bits per heavy atom. The summed E-state index contributed by atoms with van der Waals surface area (Å²) in [6.45, 7) is 2.08. The maximum atomic E-state index is 12.3. The van der Waals surface area contributed by atoms with Gasteiger partial charge in [0.1, 0.15) is 6.54 Å². The van der Waals surface area contributed by atoms with Gasteiger partial charge in [-0.3, -0.25) is 9.59 Å². The van der Waals surface area contributed by atoms with E-state index < -0.39 is 24.1 Å². The van der Waals surface area contributed by atoms with Crippen molar-refractivity contribution >= 4 is 11.8 Å². The van der Waals surface area contributed by atoms with Crippen molar-refractivity contribution in [1.29, 1.82) is 0 Å². The Hall–Kier alpha value is -2.68. The van der Waals surface area contributed by atoms with Gasteiger partial charge in [0.25, 0.3) is 11.8 Å². The average molecular weight is 334 g/mol. The highest BCUT2D eigenvalue weighted by atomic mass is 16.7. The summed E-state index contributed by atoms with van der Waals surface area (Å²) in [5, 5.41) is 26.2. The predicted molar refractivity (Wildman–Crippen MR) is 80.4 cm³/mol. The van der Waals surface area contributed by atoms with E-state index >= 15 is 0 Å². The zero-order valence-corrected chi connectivity index (χ0v) is 13.2. The van der Waals surface area contributed by atoms with Gasteiger partial charge in [-0.05, 0) is 31.9 Å². The van der Waals surface area contributed by atoms with Crippen LogP contribution in [0.1, 0.15) is 40.5 Å². The third-order valence-electron chi connectivity index (χ3n) is 4.08. The van der Waals surface area contributed by atoms with Gasteiger partial charge in [-0.2, -0.15) is 0 Å². The molecule has 1 N–H and O–H groups in total. The maximum Gasteiger partial charge on any atom is 0.264 e. The Labute approximate surface area is 138 Å². The van der Waals surface area contributed by atoms with E-state index in [1.807, 2.05) is 0 Å². The summed E-state index contributed by atoms with van der Waals surface area (Å²) in [7, 11) is 0. The molecule has 0 aliphatic carbocycles. The lowest BCUT2D eigenvalue weighted by atomic mass is 10.1. The molecule has 2 aliphatic heterocycles. The summed E-state index contributed by atoms with van der Waals surface area (Å²) < 4.78 is 0. The summed E-state index contributed by atoms with van der Waals surface area (Å²) in [6, 6.07) is 6.47. The van der Waals surface area contributed by atoms with Crippen molar-refractivity contribution in [3.8, 4) is 0 Å². The summed E-state index contributed by atoms with van der Waals surface area (Å²) >= 11 is 0. The second kappa shape index (κ2) is 6.44. The smallest absolute Gasteiger partial charge is 0.264 e. The van der Waals surface area contributed by atoms with Crippen molar-refractivity contribution in [2.75, 3.05) is 13.1 Å². The van der Waals surface area contributed by atoms with Crippen LogP contribution in [0, 0.1) is 5.21 Å². The number of aliphatic hydroxyl groups is 1. The van der Waals surface area contributed by atoms with Crippen LogP contribution in [0.5, 0.6) is 0 Å². The predicted octanol–water partition coefficient (Wildman–Crippen LogP) is 0.894. The molecule has 2 heterocycles. The molecule has 9 nitrogen and oxygen atoms in total. The summed E-state index contributed by atoms with van der Waals surface area (Å²) in [4.78, 5) is 30.8. The number of β-amino-alcohol motifs (C(OH)–C–C–N with tert-alkyl or cyclic N) is 1. The van der Waals surface area contributed by atoms with Crippen molar-refractivity contribution in [2.45, 2.75) is 32.1 Å². The van der Waals surface area contributed by atoms with Crippen molar-refractivity contribution in [2.24, 2.45) is 5.28 Å². The minimum absolute atomic E-state index is 0.164. The summed E-state index contributed by atoms with van der Waals surface area (Å²) in [6.07, 6.45) is -0.303. The van der Waals surface area contributed by atoms with Crippen LogP contribution in [-0.2, 0) is 4.84 Å². The van der Waals surface area contributed by atoms with Gasteiger partial charge in [-0.25, -0.2) is 4.90 Å². The number of rotatable bonds is 4. The molecule has 2 aliphatic rings. The SMILES string of the molecule is CC(O/N=[N+](\[O-])N1CCCC(O)C1)N1C(=O)c2ccccc2C1=O. The third kappa shape index (κ3) is 2.90. The van der Waals surface area contributed by atoms with Gasteiger partial charge in [0, 0.05) is 0 Å². The van der Waals surface area contributed by atoms with Gasteiger partial charge in [-0.1, -0.05) is 12.1 Å². The molecule has 128 valence electrons. The molecule has 2 atom stereocenters. The van der Waals surface area contributed by atoms with Gasteiger partial charge in [-0.15, -0.1) is 5.01 Å². The molecule has 1 aromatic carbocycles. The minimum atomic E-state index is -1.02. The number of hydrogen-bond acceptors (Lipinski definition) is 6. The molecule has 0 spiro atoms. The van der Waals surface area contributed by atoms with E-state index in [1.165, 1.54) is 11.9 Å². The van der Waals surface area contributed by atoms with Crippen LogP contribution in [0.25, 0.3) is 0 Å². The standard InChI is InChI=1S/C15H18N4O5/c1-10(24-16-19(23)17-8-4-5-11(20)9-17)18-14(21)12-6-2-3-7-13(12)15(18)22/h2-3,6-7,10-11,20H,4-5,8-9H2,1H3/b19-16-. The average Bonchev–Trinajstić information content (AvgIpc) is 2.84. The first-order valence-corrected chi connectivity index (χ1v) is 7.73. The first kappa shape index (κ1) is 16.2. The molecule has 2 unspecified atom stereocenters. The van der Waals surface area contributed by atoms with E-state index in [2.05, 4.69) is 5.28 Å². The van der Waals surface area contributed by atoms with E-state index in [0.29, 0.717) is 30.5 Å². The van der Waals surface area contributed by atoms with Crippen LogP contribution >= 0.6 is 0 Å². The molecular formula is C15H18N4O5. The highest BCUT2D eigenvalue weighted by Gasteiger charge is 2.39. The molecule has 9 heteroatoms. The number of imide groups is 1. The number of aliphatic hydroxyl groups excluding tert-OH is 1. The number of nitrogens with zero attached hydrogens (tertiary/aromatic N) is 4. The monoisotopic (exact) mass is 334 g/mol. The lowest BCUT2D eigenvalue weighted by Crippen LogP contribution is -2.43. The topological polar surface area (TPSA) is 109 Å². The van der Waals surface area contributed by atoms with Gasteiger partial charge < -0.3 is 15.2 Å². The zero-order chi connectivity index (χ0) is 17.3. The number of amides is 2. The zero-order valence-electron chi connectivity index (χ0n) is 13.2. The minimum Gasteiger partial charge on any atom is -0.569 e. The largest absolute Gasteiger partial charge is 0.569 e. The van der Waals surface area contributed by atoms with Gasteiger partial charge >= 0.3 is 0 Å². The van der Waals surface area contributed by atoms with Crippen LogP contribution in [0.4, 0.5) is 0 Å². The van der Waals surface area contributed by atoms with E-state index in [9.17, 15) is 19.9 Å². The van der Waals surface area contributed by atoms with Crippen LogP contribution < -0.4 is 0 Å². The highest BCUT2D eigenvalue weighted by Crippen LogP contribution is 2.24. The fourth-order valence-corrected chi connectivity index (χ4v) is 2.84. The third-order valence-corrected chi connectivity index (χ3v) is 4.08. The van der Waals surface area contributed by atoms with Crippen molar-refractivity contribution < 1.29 is 24.5 Å². The lowest BCUT2D eigenvalue weighted by Gasteiger charge is -2.26. The van der Waals surface area contributed by atoms with E-state index in [1.54, 1.807) is 24.3 Å². The Morgan fingerprint density at radius 3 is 2.54 bits per heavy atom. The number of carbonyl (C=O) groups excluding carboxylic acids is 2. The van der Waals surface area contributed by atoms with Crippen molar-refractivity contribution in [1.82, 2.24) is 9.91 Å². The van der Waals surface area contributed by atoms with Crippen molar-refractivity contribution in [3.63, 3.8) is 0 Å². The summed E-state index contributed by atoms with van der Waals surface area (Å²) in [5.41, 5.74) is 0.604. The Kier molecular flexibility index (Phi) is 4.34. The highest BCUT2D eigenvalue weighted by molar-refractivity contribution is 6.21. The second-order valence-corrected chi connectivity index (χ2v) is 5.77. The Morgan fingerprint density at radius 2 is 1.96 bits per heavy atom. The van der Waals surface area contributed by atoms with E-state index in [0.717, 1.165) is 4.90 Å². The molecule has 0 saturated carbocycles. The normalized spacial score (nSPS) is 22.6. The molecule has 24 heavy (non-hydrogen) atoms. The van der Waals surface area contributed by atoms with Crippen molar-refractivity contribution in [3.05, 3.63) is 40.6 Å². The van der Waals surface area contributed by atoms with Crippen LogP contribution in [0.2, 0.25) is 0 Å². The van der Waals surface area contributed by atoms with Crippen LogP contribution in [0.15, 0.2) is 29.5 Å². The molecule has 1 fully saturated rings. The number of hydrogen-bond donors (Lipinski definition) is 1. The lowest BCUT2D eigenvalue weighted by molar-refractivity contribution is -0.715. The fraction of sp³-hybridized carbons (Fsp3) is 0.467. The first-order valence-electron chi connectivity index (χ1n) is 7.73. The molecule has 2 amide bonds. The first-order chi connectivity index (χ1) is 11.5. The van der Waals surface area contributed by atoms with Crippen LogP contribution in [-0.4, -0.2) is 57.2 Å². The molecule has 0 radical (unpaired) electrons.